The van der Waals surface area contributed by atoms with Crippen molar-refractivity contribution in [2.45, 2.75) is 26.2 Å². The summed E-state index contributed by atoms with van der Waals surface area (Å²) < 4.78 is 20.7. The van der Waals surface area contributed by atoms with Crippen molar-refractivity contribution in [2.24, 2.45) is 0 Å². The molecule has 6 aromatic rings. The summed E-state index contributed by atoms with van der Waals surface area (Å²) in [6.45, 7) is 4.39. The molecule has 2 aromatic carbocycles. The minimum absolute atomic E-state index is 0.589. The third-order valence-electron chi connectivity index (χ3n) is 8.04. The maximum absolute atomic E-state index is 5.99. The standard InChI is InChI=1S/C38H36N4O2/c1-2-32-4-3-31(1)29-41-21-13-35(14-22-41)33-9-17-39(18-10-33)25-27-43-37-5-7-38(8-6-37)44-28-26-40-19-11-34(12-20-40)36-15-23-42(30-32)24-16-36/h1-24H,25-30H2/q+4. The molecule has 0 N–H and O–H groups in total. The average molecular weight is 581 g/mol. The van der Waals surface area contributed by atoms with Gasteiger partial charge in [-0.05, 0) is 46.5 Å². The molecule has 0 fully saturated rings. The van der Waals surface area contributed by atoms with Crippen LogP contribution in [0.15, 0.2) is 147 Å². The molecule has 15 aliphatic rings. The molecule has 0 atom stereocenters. The highest BCUT2D eigenvalue weighted by Crippen LogP contribution is 2.19. The predicted octanol–water partition coefficient (Wildman–Crippen LogP) is 4.74. The third kappa shape index (κ3) is 6.81. The lowest BCUT2D eigenvalue weighted by molar-refractivity contribution is -0.697. The van der Waals surface area contributed by atoms with Crippen LogP contribution >= 0.6 is 0 Å². The van der Waals surface area contributed by atoms with E-state index in [1.54, 1.807) is 0 Å². The molecule has 0 radical (unpaired) electrons. The van der Waals surface area contributed by atoms with Crippen LogP contribution in [0.5, 0.6) is 11.5 Å². The molecule has 21 rings (SSSR count). The van der Waals surface area contributed by atoms with Gasteiger partial charge in [-0.3, -0.25) is 0 Å². The SMILES string of the molecule is c1cc2ccc1C[n+]1ccc(cc1)-c1cc[n+](cc1)CCOc1ccc(cc1)OCC[n+]1ccc(cc1)-c1cc[n+](cc1)C2. The van der Waals surface area contributed by atoms with E-state index in [-0.39, 0.29) is 0 Å². The molecular formula is C38H36N4O2+4. The summed E-state index contributed by atoms with van der Waals surface area (Å²) in [6, 6.07) is 34.1. The first-order valence-corrected chi connectivity index (χ1v) is 15.1. The van der Waals surface area contributed by atoms with E-state index in [1.165, 1.54) is 33.4 Å². The summed E-state index contributed by atoms with van der Waals surface area (Å²) in [5.74, 6) is 1.68. The van der Waals surface area contributed by atoms with Gasteiger partial charge in [-0.25, -0.2) is 18.3 Å². The maximum Gasteiger partial charge on any atom is 0.182 e. The molecule has 44 heavy (non-hydrogen) atoms. The molecule has 216 valence electrons. The van der Waals surface area contributed by atoms with Crippen LogP contribution in [-0.2, 0) is 26.2 Å². The Labute approximate surface area is 258 Å². The number of aromatic nitrogens is 4. The van der Waals surface area contributed by atoms with E-state index in [1.807, 2.05) is 24.3 Å². The van der Waals surface area contributed by atoms with E-state index in [2.05, 4.69) is 141 Å². The first-order valence-electron chi connectivity index (χ1n) is 15.1. The van der Waals surface area contributed by atoms with Gasteiger partial charge in [0, 0.05) is 59.7 Å². The summed E-state index contributed by atoms with van der Waals surface area (Å²) in [5, 5.41) is 0. The fourth-order valence-corrected chi connectivity index (χ4v) is 5.45. The average Bonchev–Trinajstić information content (AvgIpc) is 3.07. The second-order valence-electron chi connectivity index (χ2n) is 11.2. The Morgan fingerprint density at radius 3 is 0.955 bits per heavy atom. The van der Waals surface area contributed by atoms with Crippen LogP contribution < -0.4 is 27.7 Å². The van der Waals surface area contributed by atoms with Gasteiger partial charge in [0.05, 0.1) is 0 Å². The van der Waals surface area contributed by atoms with Crippen molar-refractivity contribution in [1.82, 2.24) is 0 Å². The molecule has 0 unspecified atom stereocenters. The predicted molar refractivity (Wildman–Crippen MR) is 167 cm³/mol. The number of pyridine rings is 4. The van der Waals surface area contributed by atoms with E-state index < -0.39 is 0 Å². The number of hydrogen-bond acceptors (Lipinski definition) is 2. The minimum atomic E-state index is 0.589. The van der Waals surface area contributed by atoms with Gasteiger partial charge in [0.15, 0.2) is 75.8 Å². The monoisotopic (exact) mass is 580 g/mol. The van der Waals surface area contributed by atoms with Crippen LogP contribution in [0, 0.1) is 0 Å². The van der Waals surface area contributed by atoms with Crippen molar-refractivity contribution >= 4 is 0 Å². The molecule has 4 aromatic heterocycles. The fraction of sp³-hybridized carbons (Fsp3) is 0.158. The highest BCUT2D eigenvalue weighted by molar-refractivity contribution is 5.61. The molecule has 15 aliphatic heterocycles. The zero-order chi connectivity index (χ0) is 29.6. The highest BCUT2D eigenvalue weighted by atomic mass is 16.5. The molecule has 19 heterocycles. The van der Waals surface area contributed by atoms with Crippen molar-refractivity contribution in [2.75, 3.05) is 13.2 Å². The van der Waals surface area contributed by atoms with Crippen molar-refractivity contribution < 1.29 is 27.7 Å². The van der Waals surface area contributed by atoms with Gasteiger partial charge < -0.3 is 9.47 Å². The molecule has 0 aliphatic carbocycles. The van der Waals surface area contributed by atoms with Crippen molar-refractivity contribution in [3.8, 4) is 33.8 Å². The Bertz CT molecular complexity index is 1660. The number of nitrogens with zero attached hydrogens (tertiary/aromatic N) is 4. The van der Waals surface area contributed by atoms with E-state index in [9.17, 15) is 0 Å². The van der Waals surface area contributed by atoms with Gasteiger partial charge in [-0.15, -0.1) is 0 Å². The normalized spacial score (nSPS) is 13.3. The van der Waals surface area contributed by atoms with Crippen LogP contribution in [0.1, 0.15) is 11.1 Å². The van der Waals surface area contributed by atoms with E-state index >= 15 is 0 Å². The number of rotatable bonds is 0. The number of hydrogen-bond donors (Lipinski definition) is 0. The molecule has 0 saturated heterocycles. The van der Waals surface area contributed by atoms with E-state index in [0.717, 1.165) is 37.7 Å². The summed E-state index contributed by atoms with van der Waals surface area (Å²) in [4.78, 5) is 0. The van der Waals surface area contributed by atoms with Gasteiger partial charge in [0.2, 0.25) is 0 Å². The highest BCUT2D eigenvalue weighted by Gasteiger charge is 2.10. The topological polar surface area (TPSA) is 34.0 Å². The lowest BCUT2D eigenvalue weighted by atomic mass is 10.1. The Kier molecular flexibility index (Phi) is 8.04. The Balaban J connectivity index is 1.09. The van der Waals surface area contributed by atoms with Crippen LogP contribution in [0.3, 0.4) is 0 Å². The third-order valence-corrected chi connectivity index (χ3v) is 8.04. The fourth-order valence-electron chi connectivity index (χ4n) is 5.45. The van der Waals surface area contributed by atoms with Crippen LogP contribution in [-0.4, -0.2) is 13.2 Å². The first-order chi connectivity index (χ1) is 21.7. The summed E-state index contributed by atoms with van der Waals surface area (Å²) in [7, 11) is 0. The minimum Gasteiger partial charge on any atom is -0.487 e. The largest absolute Gasteiger partial charge is 0.487 e. The Morgan fingerprint density at radius 1 is 0.341 bits per heavy atom. The Hall–Kier alpha value is -5.36. The number of ether oxygens (including phenoxy) is 2. The van der Waals surface area contributed by atoms with E-state index in [4.69, 9.17) is 9.47 Å². The lowest BCUT2D eigenvalue weighted by Gasteiger charge is -2.07. The molecule has 6 heteroatoms. The molecule has 0 spiro atoms. The van der Waals surface area contributed by atoms with Crippen molar-refractivity contribution in [3.05, 3.63) is 158 Å². The van der Waals surface area contributed by atoms with Crippen LogP contribution in [0.2, 0.25) is 0 Å². The van der Waals surface area contributed by atoms with Gasteiger partial charge in [0.1, 0.15) is 24.7 Å². The van der Waals surface area contributed by atoms with Gasteiger partial charge in [0.25, 0.3) is 0 Å². The number of benzene rings is 2. The molecular weight excluding hydrogens is 544 g/mol. The summed E-state index contributed by atoms with van der Waals surface area (Å²) in [5.41, 5.74) is 7.36. The zero-order valence-electron chi connectivity index (χ0n) is 24.7. The quantitative estimate of drug-likeness (QED) is 0.244. The lowest BCUT2D eigenvalue weighted by Crippen LogP contribution is -2.35. The molecule has 12 bridgehead atoms. The van der Waals surface area contributed by atoms with Gasteiger partial charge in [-0.2, -0.15) is 0 Å². The smallest absolute Gasteiger partial charge is 0.182 e. The zero-order valence-corrected chi connectivity index (χ0v) is 24.7. The summed E-state index contributed by atoms with van der Waals surface area (Å²) >= 11 is 0. The second-order valence-corrected chi connectivity index (χ2v) is 11.2. The van der Waals surface area contributed by atoms with Gasteiger partial charge in [-0.1, -0.05) is 24.3 Å². The van der Waals surface area contributed by atoms with E-state index in [0.29, 0.717) is 13.2 Å². The van der Waals surface area contributed by atoms with Crippen molar-refractivity contribution in [1.29, 1.82) is 0 Å². The molecule has 0 amide bonds. The summed E-state index contributed by atoms with van der Waals surface area (Å²) in [6.07, 6.45) is 17.1. The first kappa shape index (κ1) is 27.5. The van der Waals surface area contributed by atoms with Crippen LogP contribution in [0.4, 0.5) is 0 Å². The maximum atomic E-state index is 5.99. The van der Waals surface area contributed by atoms with Crippen LogP contribution in [0.25, 0.3) is 22.3 Å². The second kappa shape index (κ2) is 12.9. The molecule has 6 nitrogen and oxygen atoms in total. The van der Waals surface area contributed by atoms with Crippen molar-refractivity contribution in [3.63, 3.8) is 0 Å². The van der Waals surface area contributed by atoms with Gasteiger partial charge >= 0.3 is 0 Å². The molecule has 0 saturated carbocycles. The Morgan fingerprint density at radius 2 is 0.636 bits per heavy atom.